The molecule has 0 radical (unpaired) electrons. The van der Waals surface area contributed by atoms with E-state index in [2.05, 4.69) is 88.8 Å². The number of rotatable bonds is 17. The molecule has 5 fully saturated rings. The van der Waals surface area contributed by atoms with Crippen molar-refractivity contribution < 1.29 is 98.0 Å². The molecule has 5 aliphatic heterocycles. The molecule has 16 N–H and O–H groups in total. The van der Waals surface area contributed by atoms with Crippen molar-refractivity contribution in [3.63, 3.8) is 0 Å². The Balaban J connectivity index is 0.940. The van der Waals surface area contributed by atoms with Gasteiger partial charge in [-0.1, -0.05) is 46.6 Å². The first-order valence-corrected chi connectivity index (χ1v) is 32.4. The maximum atomic E-state index is 14.7. The largest absolute Gasteiger partial charge is 0.504 e. The van der Waals surface area contributed by atoms with Crippen molar-refractivity contribution in [1.82, 2.24) is 36.4 Å². The van der Waals surface area contributed by atoms with E-state index in [1.54, 1.807) is 12.1 Å². The number of aliphatic hydroxyl groups excluding tert-OH is 7. The van der Waals surface area contributed by atoms with Gasteiger partial charge in [-0.25, -0.2) is 5.26 Å². The summed E-state index contributed by atoms with van der Waals surface area (Å²) in [4.78, 5) is 110. The number of hydrogen-bond acceptors (Lipinski definition) is 25. The molecular weight excluding hydrogens is 1270 g/mol. The Kier molecular flexibility index (Phi) is 24.4. The van der Waals surface area contributed by atoms with Crippen LogP contribution in [0.25, 0.3) is 11.1 Å². The normalized spacial score (nSPS) is 28.0. The number of carbonyl (C=O) groups is 7. The summed E-state index contributed by atoms with van der Waals surface area (Å²) in [7, 11) is 0. The third kappa shape index (κ3) is 17.2. The van der Waals surface area contributed by atoms with Crippen LogP contribution in [0.4, 0.5) is 17.1 Å². The Morgan fingerprint density at radius 2 is 1.24 bits per heavy atom. The Labute approximate surface area is 557 Å². The fourth-order valence-electron chi connectivity index (χ4n) is 12.9. The van der Waals surface area contributed by atoms with Gasteiger partial charge >= 0.3 is 0 Å². The van der Waals surface area contributed by atoms with Crippen LogP contribution >= 0.6 is 12.3 Å². The van der Waals surface area contributed by atoms with Gasteiger partial charge in [0.2, 0.25) is 35.4 Å². The number of hydrogen-bond donors (Lipinski definition) is 15. The molecule has 96 heavy (non-hydrogen) atoms. The van der Waals surface area contributed by atoms with Gasteiger partial charge in [0.1, 0.15) is 48.5 Å². The first-order chi connectivity index (χ1) is 45.8. The number of amides is 7. The van der Waals surface area contributed by atoms with E-state index >= 15 is 0 Å². The molecule has 0 saturated carbocycles. The fraction of sp³-hybridized carbons (Fsp3) is 0.516. The lowest BCUT2D eigenvalue weighted by molar-refractivity contribution is -0.433. The molecular formula is C64H85N11O20S. The minimum Gasteiger partial charge on any atom is -0.504 e. The summed E-state index contributed by atoms with van der Waals surface area (Å²) < 4.78 is 15.2. The average Bonchev–Trinajstić information content (AvgIpc) is 1.48. The summed E-state index contributed by atoms with van der Waals surface area (Å²) in [5.74, 6) is -9.99. The Bertz CT molecular complexity index is 3340. The molecule has 4 aromatic rings. The summed E-state index contributed by atoms with van der Waals surface area (Å²) in [5.41, 5.74) is 10.5. The van der Waals surface area contributed by atoms with Crippen LogP contribution in [0.3, 0.4) is 0 Å². The quantitative estimate of drug-likeness (QED) is 0.0239. The second-order valence-electron chi connectivity index (χ2n) is 25.0. The van der Waals surface area contributed by atoms with Crippen molar-refractivity contribution in [2.75, 3.05) is 80.1 Å². The molecule has 9 rings (SSSR count). The van der Waals surface area contributed by atoms with Crippen molar-refractivity contribution in [2.24, 2.45) is 11.7 Å². The van der Waals surface area contributed by atoms with E-state index in [0.29, 0.717) is 0 Å². The lowest BCUT2D eigenvalue weighted by Gasteiger charge is -2.38. The van der Waals surface area contributed by atoms with Crippen LogP contribution in [0.5, 0.6) is 11.5 Å². The lowest BCUT2D eigenvalue weighted by Crippen LogP contribution is -2.64. The van der Waals surface area contributed by atoms with E-state index in [9.17, 15) is 74.4 Å². The number of phenols is 1. The van der Waals surface area contributed by atoms with E-state index < -0.39 is 164 Å². The van der Waals surface area contributed by atoms with Gasteiger partial charge in [-0.3, -0.25) is 33.6 Å². The molecule has 5 saturated heterocycles. The molecule has 0 spiro atoms. The van der Waals surface area contributed by atoms with E-state index in [0.717, 1.165) is 96.7 Å². The van der Waals surface area contributed by atoms with Crippen molar-refractivity contribution in [1.29, 1.82) is 0 Å². The van der Waals surface area contributed by atoms with Crippen LogP contribution in [0.15, 0.2) is 91.0 Å². The van der Waals surface area contributed by atoms with E-state index in [1.807, 2.05) is 24.3 Å². The summed E-state index contributed by atoms with van der Waals surface area (Å²) >= 11 is 0.00418. The van der Waals surface area contributed by atoms with Gasteiger partial charge in [-0.2, -0.15) is 0 Å². The number of nitrogens with one attached hydrogen (secondary N) is 5. The molecule has 31 nitrogen and oxygen atoms in total. The molecule has 7 amide bonds. The smallest absolute Gasteiger partial charge is 0.261 e. The number of ether oxygens (including phenoxy) is 1. The van der Waals surface area contributed by atoms with Crippen molar-refractivity contribution in [3.05, 3.63) is 102 Å². The maximum Gasteiger partial charge on any atom is 0.261 e. The molecule has 16 atom stereocenters. The predicted molar refractivity (Wildman–Crippen MR) is 346 cm³/mol. The number of carbonyl (C=O) groups excluding carboxylic acids is 7. The number of anilines is 3. The number of fused-ring (bicyclic) bond motifs is 2. The number of aliphatic hydroxyl groups is 7. The van der Waals surface area contributed by atoms with E-state index in [1.165, 1.54) is 24.7 Å². The van der Waals surface area contributed by atoms with Crippen LogP contribution in [0, 0.1) is 5.92 Å². The van der Waals surface area contributed by atoms with Crippen LogP contribution in [0.1, 0.15) is 69.0 Å². The highest BCUT2D eigenvalue weighted by atomic mass is 32.2. The number of β-amino-alcohol motifs (C(OH)–C–C–N with tert-alkyl or cyclic N) is 1. The van der Waals surface area contributed by atoms with Gasteiger partial charge < -0.3 is 107 Å². The highest BCUT2D eigenvalue weighted by Crippen LogP contribution is 2.35. The molecule has 5 heterocycles. The fourth-order valence-corrected chi connectivity index (χ4v) is 13.1. The monoisotopic (exact) mass is 1360 g/mol. The SMILES string of the molecule is C[C@@H]1CN(c2ccc(N3CCN(c4ccc(-c5ccc(C(=O)N[C@H]6C[C@H](O)CNC(=O)[C@@H]7[C@@H](O)[C@H](C)CN7C(=O)[C@H]([C@H](O)CCN)NC(=O)[C@H]([C@H](O)[C@@H](O)c7ccc(O)c(OSOOO)c7)NC(=O)[C@@H]7C[C@H](O)CN7C(=O)[C@H]([C@H](C)O)NC6=O)cc5)cc4)CC3)cc2)C[C@H](C)O1. The van der Waals surface area contributed by atoms with Crippen molar-refractivity contribution in [2.45, 2.75) is 138 Å². The number of nitrogens with two attached hydrogens (primary N) is 1. The lowest BCUT2D eigenvalue weighted by atomic mass is 9.96. The number of morpholine rings is 1. The van der Waals surface area contributed by atoms with Gasteiger partial charge in [-0.15, -0.1) is 0 Å². The van der Waals surface area contributed by atoms with Gasteiger partial charge in [-0.05, 0) is 111 Å². The highest BCUT2D eigenvalue weighted by Gasteiger charge is 2.50. The first-order valence-electron chi connectivity index (χ1n) is 31.8. The zero-order valence-corrected chi connectivity index (χ0v) is 54.1. The summed E-state index contributed by atoms with van der Waals surface area (Å²) in [6, 6.07) is 14.5. The summed E-state index contributed by atoms with van der Waals surface area (Å²) in [5, 5.41) is 115. The first kappa shape index (κ1) is 72.3. The average molecular weight is 1360 g/mol. The summed E-state index contributed by atoms with van der Waals surface area (Å²) in [6.07, 6.45) is -14.3. The molecule has 0 unspecified atom stereocenters. The minimum absolute atomic E-state index is 0.00418. The molecule has 522 valence electrons. The number of piperazine rings is 1. The van der Waals surface area contributed by atoms with Gasteiger partial charge in [0.25, 0.3) is 18.2 Å². The Morgan fingerprint density at radius 1 is 0.677 bits per heavy atom. The number of phenolic OH excluding ortho intramolecular Hbond substituents is 1. The Hall–Kier alpha value is -7.96. The second-order valence-corrected chi connectivity index (χ2v) is 25.5. The summed E-state index contributed by atoms with van der Waals surface area (Å²) in [6.45, 7) is 9.83. The van der Waals surface area contributed by atoms with Gasteiger partial charge in [0.15, 0.2) is 11.5 Å². The number of aromatic hydroxyl groups is 1. The molecule has 0 aliphatic carbocycles. The van der Waals surface area contributed by atoms with E-state index in [4.69, 9.17) is 19.9 Å². The Morgan fingerprint density at radius 3 is 1.83 bits per heavy atom. The topological polar surface area (TPSA) is 441 Å². The molecule has 5 aliphatic rings. The van der Waals surface area contributed by atoms with Crippen molar-refractivity contribution >= 4 is 70.7 Å². The molecule has 32 heteroatoms. The highest BCUT2D eigenvalue weighted by molar-refractivity contribution is 7.90. The zero-order valence-electron chi connectivity index (χ0n) is 53.3. The van der Waals surface area contributed by atoms with E-state index in [-0.39, 0.29) is 55.2 Å². The molecule has 4 aromatic carbocycles. The van der Waals surface area contributed by atoms with Gasteiger partial charge in [0.05, 0.1) is 42.7 Å². The third-order valence-corrected chi connectivity index (χ3v) is 18.4. The third-order valence-electron chi connectivity index (χ3n) is 18.0. The molecule has 0 aromatic heterocycles. The van der Waals surface area contributed by atoms with Crippen molar-refractivity contribution in [3.8, 4) is 22.6 Å². The van der Waals surface area contributed by atoms with Crippen LogP contribution in [0.2, 0.25) is 0 Å². The second kappa shape index (κ2) is 32.4. The number of nitrogens with zero attached hydrogens (tertiary/aromatic N) is 5. The van der Waals surface area contributed by atoms with Crippen LogP contribution in [-0.4, -0.2) is 248 Å². The molecule has 0 bridgehead atoms. The van der Waals surface area contributed by atoms with Gasteiger partial charge in [0, 0.05) is 100 Å². The maximum absolute atomic E-state index is 14.7. The minimum atomic E-state index is -2.45. The predicted octanol–water partition coefficient (Wildman–Crippen LogP) is -1.85. The zero-order chi connectivity index (χ0) is 69.2. The van der Waals surface area contributed by atoms with Crippen LogP contribution in [-0.2, 0) is 42.9 Å². The number of benzene rings is 4. The standard InChI is InChI=1S/C64H85N11O20S/c1-33-29-75-54(55(33)81)62(88)66-28-44(77)26-46(67-58(84)39-7-5-37(6-8-39)38-9-12-41(13-10-38)71-21-23-72(24-22-71)42-14-16-43(17-15-42)73-30-34(2)92-35(3)31-73)59(85)68-51(36(4)76)63(89)74-32-45(78)27-47(74)60(86)70-53(61(87)69-52(64(75)90)49(80)19-20-65)57(83)56(82)40-11-18-48(79)50(25-40)93-96-95-94-91/h5-18,25,33-36,44-47,49,51-57,76-83,91H,19-24,26-32,65H2,1-4H3,(H,66,88)(H,67,84)(H,68,85)(H,69,87)(H,70,86)/t33-,34-,35+,36+,44+,45+,46+,47+,49-,51+,52+,53+,54+,55+,56+,57+/m1/s1. The van der Waals surface area contributed by atoms with Crippen LogP contribution < -0.4 is 51.2 Å².